The molecule has 14 nitrogen and oxygen atoms in total. The van der Waals surface area contributed by atoms with E-state index in [-0.39, 0.29) is 11.4 Å². The fraction of sp³-hybridized carbons (Fsp3) is 0.667. The zero-order valence-corrected chi connectivity index (χ0v) is 16.5. The van der Waals surface area contributed by atoms with Crippen molar-refractivity contribution in [3.8, 4) is 5.75 Å². The molecule has 10 atom stereocenters. The van der Waals surface area contributed by atoms with Gasteiger partial charge in [0.15, 0.2) is 12.4 Å². The maximum atomic E-state index is 10.8. The molecule has 180 valence electrons. The molecule has 0 amide bonds. The fourth-order valence-electron chi connectivity index (χ4n) is 3.41. The molecule has 0 aromatic heterocycles. The number of nitro benzene ring substituents is 1. The number of ether oxygens (including phenoxy) is 4. The van der Waals surface area contributed by atoms with Crippen molar-refractivity contribution >= 4 is 5.69 Å². The highest BCUT2D eigenvalue weighted by Crippen LogP contribution is 2.31. The number of hydrogen-bond donors (Lipinski definition) is 7. The number of aliphatic hydroxyl groups excluding tert-OH is 7. The van der Waals surface area contributed by atoms with Crippen LogP contribution in [0.2, 0.25) is 0 Å². The van der Waals surface area contributed by atoms with E-state index in [9.17, 15) is 45.9 Å². The number of nitrogens with zero attached hydrogens (tertiary/aromatic N) is 1. The predicted octanol–water partition coefficient (Wildman–Crippen LogP) is -3.40. The van der Waals surface area contributed by atoms with Crippen molar-refractivity contribution in [2.45, 2.75) is 61.4 Å². The van der Waals surface area contributed by atoms with E-state index in [2.05, 4.69) is 0 Å². The number of rotatable bonds is 7. The quantitative estimate of drug-likeness (QED) is 0.155. The number of hydrogen-bond acceptors (Lipinski definition) is 13. The molecule has 2 aliphatic rings. The topological polar surface area (TPSA) is 222 Å². The summed E-state index contributed by atoms with van der Waals surface area (Å²) in [7, 11) is 0. The average Bonchev–Trinajstić information content (AvgIpc) is 2.78. The largest absolute Gasteiger partial charge is 0.462 e. The Morgan fingerprint density at radius 2 is 1.34 bits per heavy atom. The van der Waals surface area contributed by atoms with E-state index >= 15 is 0 Å². The smallest absolute Gasteiger partial charge is 0.269 e. The summed E-state index contributed by atoms with van der Waals surface area (Å²) in [5.41, 5.74) is -0.209. The average molecular weight is 463 g/mol. The van der Waals surface area contributed by atoms with Gasteiger partial charge in [-0.3, -0.25) is 10.1 Å². The van der Waals surface area contributed by atoms with Crippen LogP contribution in [0.15, 0.2) is 24.3 Å². The van der Waals surface area contributed by atoms with Crippen LogP contribution in [0.4, 0.5) is 5.69 Å². The number of nitro groups is 1. The molecule has 0 unspecified atom stereocenters. The van der Waals surface area contributed by atoms with Gasteiger partial charge in [-0.25, -0.2) is 0 Å². The van der Waals surface area contributed by atoms with Crippen molar-refractivity contribution in [1.82, 2.24) is 0 Å². The molecular weight excluding hydrogens is 438 g/mol. The van der Waals surface area contributed by atoms with Crippen LogP contribution in [0.25, 0.3) is 0 Å². The van der Waals surface area contributed by atoms with Gasteiger partial charge < -0.3 is 54.7 Å². The zero-order chi connectivity index (χ0) is 23.6. The molecule has 0 saturated carbocycles. The van der Waals surface area contributed by atoms with Gasteiger partial charge in [-0.05, 0) is 12.1 Å². The summed E-state index contributed by atoms with van der Waals surface area (Å²) in [4.78, 5) is 10.2. The van der Waals surface area contributed by atoms with Gasteiger partial charge >= 0.3 is 0 Å². The number of aliphatic hydroxyl groups is 7. The lowest BCUT2D eigenvalue weighted by Crippen LogP contribution is -2.65. The normalized spacial score (nSPS) is 40.1. The van der Waals surface area contributed by atoms with Gasteiger partial charge in [0.2, 0.25) is 6.29 Å². The summed E-state index contributed by atoms with van der Waals surface area (Å²) < 4.78 is 21.8. The summed E-state index contributed by atoms with van der Waals surface area (Å²) >= 11 is 0. The molecule has 14 heteroatoms. The Balaban J connectivity index is 1.81. The van der Waals surface area contributed by atoms with Crippen LogP contribution >= 0.6 is 0 Å². The first-order valence-electron chi connectivity index (χ1n) is 9.67. The molecule has 2 aliphatic heterocycles. The van der Waals surface area contributed by atoms with Gasteiger partial charge in [0.1, 0.15) is 48.5 Å². The zero-order valence-electron chi connectivity index (χ0n) is 16.5. The summed E-state index contributed by atoms with van der Waals surface area (Å²) in [6.07, 6.45) is -15.8. The molecule has 0 bridgehead atoms. The van der Waals surface area contributed by atoms with Crippen molar-refractivity contribution in [1.29, 1.82) is 0 Å². The Morgan fingerprint density at radius 3 is 1.88 bits per heavy atom. The van der Waals surface area contributed by atoms with Gasteiger partial charge in [-0.15, -0.1) is 0 Å². The molecule has 7 N–H and O–H groups in total. The molecular formula is C18H25NO13. The highest BCUT2D eigenvalue weighted by atomic mass is 16.8. The third kappa shape index (κ3) is 4.99. The Bertz CT molecular complexity index is 762. The maximum absolute atomic E-state index is 10.8. The van der Waals surface area contributed by atoms with Gasteiger partial charge in [0.05, 0.1) is 18.1 Å². The SMILES string of the molecule is O=[N+]([O-])c1ccc(O[C@H]2O[C@H](CO)[C@@H](O)[C@H](O)[C@H]2O[C@H]2O[C@H](CO)[C@@H](O)[C@H](O)[C@H]2O)cc1. The van der Waals surface area contributed by atoms with E-state index in [1.54, 1.807) is 0 Å². The molecule has 3 rings (SSSR count). The Labute approximate surface area is 180 Å². The highest BCUT2D eigenvalue weighted by Gasteiger charge is 2.51. The third-order valence-corrected chi connectivity index (χ3v) is 5.26. The Morgan fingerprint density at radius 1 is 0.812 bits per heavy atom. The number of non-ortho nitro benzene ring substituents is 1. The lowest BCUT2D eigenvalue weighted by molar-refractivity contribution is -0.384. The first-order chi connectivity index (χ1) is 15.2. The lowest BCUT2D eigenvalue weighted by atomic mass is 9.97. The van der Waals surface area contributed by atoms with E-state index in [4.69, 9.17) is 18.9 Å². The monoisotopic (exact) mass is 463 g/mol. The van der Waals surface area contributed by atoms with Gasteiger partial charge in [0.25, 0.3) is 5.69 Å². The van der Waals surface area contributed by atoms with Crippen LogP contribution in [-0.2, 0) is 14.2 Å². The van der Waals surface area contributed by atoms with Crippen LogP contribution < -0.4 is 4.74 Å². The van der Waals surface area contributed by atoms with Gasteiger partial charge in [0, 0.05) is 12.1 Å². The minimum Gasteiger partial charge on any atom is -0.462 e. The second-order valence-electron chi connectivity index (χ2n) is 7.37. The van der Waals surface area contributed by atoms with E-state index in [1.165, 1.54) is 12.1 Å². The second-order valence-corrected chi connectivity index (χ2v) is 7.37. The van der Waals surface area contributed by atoms with Gasteiger partial charge in [-0.2, -0.15) is 0 Å². The first kappa shape index (κ1) is 24.7. The molecule has 32 heavy (non-hydrogen) atoms. The minimum absolute atomic E-state index is 0.0586. The molecule has 0 spiro atoms. The first-order valence-corrected chi connectivity index (χ1v) is 9.67. The van der Waals surface area contributed by atoms with E-state index in [0.717, 1.165) is 12.1 Å². The van der Waals surface area contributed by atoms with Crippen molar-refractivity contribution in [3.63, 3.8) is 0 Å². The van der Waals surface area contributed by atoms with Crippen LogP contribution in [0, 0.1) is 10.1 Å². The fourth-order valence-corrected chi connectivity index (χ4v) is 3.41. The van der Waals surface area contributed by atoms with Crippen molar-refractivity contribution < 1.29 is 59.6 Å². The second kappa shape index (κ2) is 10.3. The van der Waals surface area contributed by atoms with E-state index in [1.807, 2.05) is 0 Å². The van der Waals surface area contributed by atoms with Crippen LogP contribution in [0.5, 0.6) is 5.75 Å². The predicted molar refractivity (Wildman–Crippen MR) is 100 cm³/mol. The summed E-state index contributed by atoms with van der Waals surface area (Å²) in [6, 6.07) is 4.80. The summed E-state index contributed by atoms with van der Waals surface area (Å²) in [5, 5.41) is 80.3. The van der Waals surface area contributed by atoms with Crippen molar-refractivity contribution in [2.75, 3.05) is 13.2 Å². The Kier molecular flexibility index (Phi) is 7.94. The molecule has 1 aromatic carbocycles. The molecule has 2 fully saturated rings. The maximum Gasteiger partial charge on any atom is 0.269 e. The van der Waals surface area contributed by atoms with Crippen LogP contribution in [-0.4, -0.2) is 115 Å². The molecule has 2 saturated heterocycles. The summed E-state index contributed by atoms with van der Waals surface area (Å²) in [6.45, 7) is -1.41. The molecule has 0 aliphatic carbocycles. The molecule has 0 radical (unpaired) electrons. The molecule has 1 aromatic rings. The van der Waals surface area contributed by atoms with Crippen LogP contribution in [0.1, 0.15) is 0 Å². The lowest BCUT2D eigenvalue weighted by Gasteiger charge is -2.45. The minimum atomic E-state index is -1.80. The van der Waals surface area contributed by atoms with Crippen molar-refractivity contribution in [3.05, 3.63) is 34.4 Å². The standard InChI is InChI=1S/C18H25NO13/c20-5-9-11(22)13(24)15(26)17(30-9)32-16-14(25)12(23)10(6-21)31-18(16)29-8-3-1-7(2-4-8)19(27)28/h1-4,9-18,20-26H,5-6H2/t9-,10-,11-,12-,13+,14+,15-,16-,17-,18+/m1/s1. The molecule has 2 heterocycles. The van der Waals surface area contributed by atoms with Crippen LogP contribution in [0.3, 0.4) is 0 Å². The third-order valence-electron chi connectivity index (χ3n) is 5.26. The number of benzene rings is 1. The van der Waals surface area contributed by atoms with E-state index in [0.29, 0.717) is 0 Å². The van der Waals surface area contributed by atoms with E-state index < -0.39 is 79.5 Å². The summed E-state index contributed by atoms with van der Waals surface area (Å²) in [5.74, 6) is 0.0586. The van der Waals surface area contributed by atoms with Gasteiger partial charge in [-0.1, -0.05) is 0 Å². The Hall–Kier alpha value is -1.98. The van der Waals surface area contributed by atoms with Crippen molar-refractivity contribution in [2.24, 2.45) is 0 Å². The highest BCUT2D eigenvalue weighted by molar-refractivity contribution is 5.36.